The molecule has 1 N–H and O–H groups in total. The van der Waals surface area contributed by atoms with Crippen LogP contribution in [0.15, 0.2) is 54.7 Å². The van der Waals surface area contributed by atoms with Crippen LogP contribution in [0.4, 0.5) is 0 Å². The lowest BCUT2D eigenvalue weighted by Gasteiger charge is -2.27. The summed E-state index contributed by atoms with van der Waals surface area (Å²) >= 11 is 0. The van der Waals surface area contributed by atoms with Gasteiger partial charge < -0.3 is 5.32 Å². The van der Waals surface area contributed by atoms with Crippen molar-refractivity contribution in [2.45, 2.75) is 44.7 Å². The Hall–Kier alpha value is -1.67. The second kappa shape index (κ2) is 6.86. The van der Waals surface area contributed by atoms with Gasteiger partial charge in [0.1, 0.15) is 0 Å². The molecule has 0 saturated heterocycles. The summed E-state index contributed by atoms with van der Waals surface area (Å²) in [5.74, 6) is 0.805. The number of benzene rings is 1. The first-order chi connectivity index (χ1) is 10.3. The fraction of sp³-hybridized carbons (Fsp3) is 0.421. The van der Waals surface area contributed by atoms with Crippen molar-refractivity contribution in [3.05, 3.63) is 66.0 Å². The number of nitrogens with zero attached hydrogens (tertiary/aromatic N) is 1. The van der Waals surface area contributed by atoms with Crippen LogP contribution in [0.25, 0.3) is 0 Å². The average molecular weight is 280 g/mol. The molecule has 110 valence electrons. The third-order valence-corrected chi connectivity index (χ3v) is 4.65. The normalized spacial score (nSPS) is 18.5. The highest BCUT2D eigenvalue weighted by molar-refractivity contribution is 5.27. The maximum Gasteiger partial charge on any atom is 0.0753 e. The summed E-state index contributed by atoms with van der Waals surface area (Å²) in [7, 11) is 0. The number of nitrogens with one attached hydrogen (secondary N) is 1. The van der Waals surface area contributed by atoms with Crippen LogP contribution in [-0.2, 0) is 0 Å². The van der Waals surface area contributed by atoms with Crippen LogP contribution in [0.1, 0.15) is 49.9 Å². The Morgan fingerprint density at radius 2 is 1.71 bits per heavy atom. The van der Waals surface area contributed by atoms with Gasteiger partial charge in [-0.25, -0.2) is 0 Å². The molecular formula is C19H24N2. The number of pyridine rings is 1. The van der Waals surface area contributed by atoms with E-state index in [2.05, 4.69) is 59.7 Å². The number of hydrogen-bond acceptors (Lipinski definition) is 2. The lowest BCUT2D eigenvalue weighted by molar-refractivity contribution is 0.358. The standard InChI is InChI=1S/C19H24N2/c1-15(16-9-5-6-10-16)21-19(17-11-3-2-4-12-17)18-13-7-8-14-20-18/h2-4,7-8,11-16,19,21H,5-6,9-10H2,1H3/t15-,19?/m1/s1. The van der Waals surface area contributed by atoms with Gasteiger partial charge in [-0.2, -0.15) is 0 Å². The average Bonchev–Trinajstić information content (AvgIpc) is 3.09. The summed E-state index contributed by atoms with van der Waals surface area (Å²) in [6.07, 6.45) is 7.37. The van der Waals surface area contributed by atoms with Crippen molar-refractivity contribution in [2.75, 3.05) is 0 Å². The Kier molecular flexibility index (Phi) is 4.66. The molecule has 1 fully saturated rings. The lowest BCUT2D eigenvalue weighted by atomic mass is 9.96. The molecule has 2 heteroatoms. The molecule has 1 aromatic heterocycles. The van der Waals surface area contributed by atoms with E-state index in [0.29, 0.717) is 6.04 Å². The molecule has 1 aromatic carbocycles. The van der Waals surface area contributed by atoms with Crippen molar-refractivity contribution in [1.29, 1.82) is 0 Å². The van der Waals surface area contributed by atoms with E-state index in [0.717, 1.165) is 11.6 Å². The van der Waals surface area contributed by atoms with Crippen LogP contribution in [-0.4, -0.2) is 11.0 Å². The topological polar surface area (TPSA) is 24.9 Å². The monoisotopic (exact) mass is 280 g/mol. The summed E-state index contributed by atoms with van der Waals surface area (Å²) in [6.45, 7) is 2.33. The molecule has 0 spiro atoms. The Balaban J connectivity index is 1.82. The van der Waals surface area contributed by atoms with E-state index in [-0.39, 0.29) is 6.04 Å². The molecule has 1 aliphatic carbocycles. The summed E-state index contributed by atoms with van der Waals surface area (Å²) < 4.78 is 0. The predicted molar refractivity (Wildman–Crippen MR) is 87.1 cm³/mol. The summed E-state index contributed by atoms with van der Waals surface area (Å²) in [4.78, 5) is 4.57. The van der Waals surface area contributed by atoms with E-state index >= 15 is 0 Å². The Morgan fingerprint density at radius 1 is 1.00 bits per heavy atom. The van der Waals surface area contributed by atoms with Crippen LogP contribution in [0, 0.1) is 5.92 Å². The minimum Gasteiger partial charge on any atom is -0.302 e. The summed E-state index contributed by atoms with van der Waals surface area (Å²) in [5.41, 5.74) is 2.40. The minimum absolute atomic E-state index is 0.183. The first kappa shape index (κ1) is 14.3. The SMILES string of the molecule is C[C@@H](NC(c1ccccc1)c1ccccn1)C1CCCC1. The van der Waals surface area contributed by atoms with Crippen LogP contribution in [0.2, 0.25) is 0 Å². The van der Waals surface area contributed by atoms with Crippen LogP contribution in [0.5, 0.6) is 0 Å². The Bertz CT molecular complexity index is 493. The van der Waals surface area contributed by atoms with Crippen molar-refractivity contribution >= 4 is 0 Å². The van der Waals surface area contributed by atoms with E-state index in [1.807, 2.05) is 12.3 Å². The highest BCUT2D eigenvalue weighted by atomic mass is 15.0. The quantitative estimate of drug-likeness (QED) is 0.881. The maximum absolute atomic E-state index is 4.57. The first-order valence-corrected chi connectivity index (χ1v) is 8.06. The molecule has 0 radical (unpaired) electrons. The molecule has 21 heavy (non-hydrogen) atoms. The van der Waals surface area contributed by atoms with E-state index in [1.54, 1.807) is 0 Å². The third-order valence-electron chi connectivity index (χ3n) is 4.65. The van der Waals surface area contributed by atoms with Gasteiger partial charge in [0, 0.05) is 12.2 Å². The van der Waals surface area contributed by atoms with Gasteiger partial charge in [-0.05, 0) is 43.4 Å². The molecule has 0 bridgehead atoms. The van der Waals surface area contributed by atoms with E-state index < -0.39 is 0 Å². The largest absolute Gasteiger partial charge is 0.302 e. The van der Waals surface area contributed by atoms with Gasteiger partial charge in [0.25, 0.3) is 0 Å². The zero-order valence-electron chi connectivity index (χ0n) is 12.7. The second-order valence-corrected chi connectivity index (χ2v) is 6.10. The maximum atomic E-state index is 4.57. The molecule has 1 heterocycles. The lowest BCUT2D eigenvalue weighted by Crippen LogP contribution is -2.36. The van der Waals surface area contributed by atoms with Gasteiger partial charge in [-0.1, -0.05) is 49.2 Å². The Morgan fingerprint density at radius 3 is 2.38 bits per heavy atom. The number of aromatic nitrogens is 1. The number of hydrogen-bond donors (Lipinski definition) is 1. The third kappa shape index (κ3) is 3.51. The fourth-order valence-electron chi connectivity index (χ4n) is 3.40. The molecule has 1 unspecified atom stereocenters. The zero-order valence-corrected chi connectivity index (χ0v) is 12.7. The summed E-state index contributed by atoms with van der Waals surface area (Å²) in [5, 5.41) is 3.83. The molecular weight excluding hydrogens is 256 g/mol. The van der Waals surface area contributed by atoms with Crippen LogP contribution >= 0.6 is 0 Å². The van der Waals surface area contributed by atoms with Gasteiger partial charge in [0.05, 0.1) is 11.7 Å². The van der Waals surface area contributed by atoms with Gasteiger partial charge in [0.2, 0.25) is 0 Å². The van der Waals surface area contributed by atoms with Crippen molar-refractivity contribution in [3.8, 4) is 0 Å². The Labute approximate surface area is 127 Å². The second-order valence-electron chi connectivity index (χ2n) is 6.10. The molecule has 1 saturated carbocycles. The highest BCUT2D eigenvalue weighted by Gasteiger charge is 2.25. The molecule has 1 aliphatic rings. The van der Waals surface area contributed by atoms with Crippen LogP contribution < -0.4 is 5.32 Å². The van der Waals surface area contributed by atoms with Gasteiger partial charge in [-0.3, -0.25) is 4.98 Å². The van der Waals surface area contributed by atoms with Gasteiger partial charge in [-0.15, -0.1) is 0 Å². The number of rotatable bonds is 5. The van der Waals surface area contributed by atoms with Gasteiger partial charge >= 0.3 is 0 Å². The molecule has 2 atom stereocenters. The first-order valence-electron chi connectivity index (χ1n) is 8.06. The zero-order chi connectivity index (χ0) is 14.5. The molecule has 2 nitrogen and oxygen atoms in total. The van der Waals surface area contributed by atoms with E-state index in [4.69, 9.17) is 0 Å². The smallest absolute Gasteiger partial charge is 0.0753 e. The molecule has 0 amide bonds. The van der Waals surface area contributed by atoms with Crippen molar-refractivity contribution in [2.24, 2.45) is 5.92 Å². The minimum atomic E-state index is 0.183. The van der Waals surface area contributed by atoms with Crippen molar-refractivity contribution in [1.82, 2.24) is 10.3 Å². The fourth-order valence-corrected chi connectivity index (χ4v) is 3.40. The summed E-state index contributed by atoms with van der Waals surface area (Å²) in [6, 6.07) is 17.5. The molecule has 3 rings (SSSR count). The highest BCUT2D eigenvalue weighted by Crippen LogP contribution is 2.30. The van der Waals surface area contributed by atoms with E-state index in [1.165, 1.54) is 31.2 Å². The predicted octanol–water partition coefficient (Wildman–Crippen LogP) is 4.34. The van der Waals surface area contributed by atoms with Crippen molar-refractivity contribution in [3.63, 3.8) is 0 Å². The molecule has 0 aliphatic heterocycles. The van der Waals surface area contributed by atoms with E-state index in [9.17, 15) is 0 Å². The van der Waals surface area contributed by atoms with Crippen molar-refractivity contribution < 1.29 is 0 Å². The molecule has 2 aromatic rings. The van der Waals surface area contributed by atoms with Crippen LogP contribution in [0.3, 0.4) is 0 Å². The van der Waals surface area contributed by atoms with Gasteiger partial charge in [0.15, 0.2) is 0 Å².